The lowest BCUT2D eigenvalue weighted by Crippen LogP contribution is -2.08. The molecule has 0 aliphatic heterocycles. The van der Waals surface area contributed by atoms with Crippen LogP contribution in [-0.2, 0) is 13.1 Å². The number of anilines is 1. The number of aromatic nitrogens is 4. The molecule has 120 valence electrons. The maximum atomic E-state index is 6.02. The lowest BCUT2D eigenvalue weighted by Gasteiger charge is -2.04. The predicted octanol–water partition coefficient (Wildman–Crippen LogP) is 4.26. The van der Waals surface area contributed by atoms with Crippen LogP contribution in [0, 0.1) is 0 Å². The third kappa shape index (κ3) is 3.83. The topological polar surface area (TPSA) is 68.8 Å². The number of furan rings is 1. The van der Waals surface area contributed by atoms with Crippen LogP contribution >= 0.6 is 23.2 Å². The molecule has 2 heterocycles. The molecule has 0 fully saturated rings. The second kappa shape index (κ2) is 7.02. The Morgan fingerprint density at radius 1 is 1.17 bits per heavy atom. The standard InChI is InChI=1S/C15H15Cl2N5O/c1-2-5-22-15(19-20-21-22)18-9-13-3-4-14(23-13)10-6-11(16)8-12(17)7-10/h3-4,6-8H,2,5,9H2,1H3,(H,18,19,21). The summed E-state index contributed by atoms with van der Waals surface area (Å²) < 4.78 is 7.54. The highest BCUT2D eigenvalue weighted by Crippen LogP contribution is 2.28. The summed E-state index contributed by atoms with van der Waals surface area (Å²) in [6.07, 6.45) is 0.958. The van der Waals surface area contributed by atoms with Gasteiger partial charge in [0.2, 0.25) is 5.95 Å². The Morgan fingerprint density at radius 3 is 2.70 bits per heavy atom. The van der Waals surface area contributed by atoms with Crippen LogP contribution in [0.1, 0.15) is 19.1 Å². The zero-order valence-corrected chi connectivity index (χ0v) is 14.0. The van der Waals surface area contributed by atoms with Crippen LogP contribution in [0.3, 0.4) is 0 Å². The summed E-state index contributed by atoms with van der Waals surface area (Å²) in [4.78, 5) is 0. The van der Waals surface area contributed by atoms with Crippen molar-refractivity contribution in [2.45, 2.75) is 26.4 Å². The monoisotopic (exact) mass is 351 g/mol. The van der Waals surface area contributed by atoms with E-state index in [0.29, 0.717) is 28.3 Å². The summed E-state index contributed by atoms with van der Waals surface area (Å²) in [6.45, 7) is 3.32. The van der Waals surface area contributed by atoms with Crippen LogP contribution < -0.4 is 5.32 Å². The van der Waals surface area contributed by atoms with Gasteiger partial charge in [0, 0.05) is 22.2 Å². The zero-order chi connectivity index (χ0) is 16.2. The van der Waals surface area contributed by atoms with Crippen LogP contribution in [-0.4, -0.2) is 20.2 Å². The quantitative estimate of drug-likeness (QED) is 0.718. The minimum Gasteiger partial charge on any atom is -0.459 e. The highest BCUT2D eigenvalue weighted by atomic mass is 35.5. The molecular formula is C15H15Cl2N5O. The second-order valence-electron chi connectivity index (χ2n) is 5.00. The van der Waals surface area contributed by atoms with Gasteiger partial charge < -0.3 is 9.73 Å². The molecule has 2 aromatic heterocycles. The third-order valence-corrected chi connectivity index (χ3v) is 3.63. The zero-order valence-electron chi connectivity index (χ0n) is 12.5. The summed E-state index contributed by atoms with van der Waals surface area (Å²) in [5.74, 6) is 2.09. The van der Waals surface area contributed by atoms with Crippen LogP contribution in [0.25, 0.3) is 11.3 Å². The minimum absolute atomic E-state index is 0.485. The van der Waals surface area contributed by atoms with E-state index in [4.69, 9.17) is 27.6 Å². The lowest BCUT2D eigenvalue weighted by atomic mass is 10.2. The van der Waals surface area contributed by atoms with E-state index in [1.807, 2.05) is 24.3 Å². The van der Waals surface area contributed by atoms with Crippen molar-refractivity contribution in [1.29, 1.82) is 0 Å². The Hall–Kier alpha value is -2.05. The summed E-state index contributed by atoms with van der Waals surface area (Å²) in [5, 5.41) is 15.8. The van der Waals surface area contributed by atoms with Crippen molar-refractivity contribution in [3.63, 3.8) is 0 Å². The Labute approximate surface area is 143 Å². The largest absolute Gasteiger partial charge is 0.459 e. The Bertz CT molecular complexity index is 779. The van der Waals surface area contributed by atoms with Gasteiger partial charge >= 0.3 is 0 Å². The van der Waals surface area contributed by atoms with Crippen molar-refractivity contribution in [1.82, 2.24) is 20.2 Å². The van der Waals surface area contributed by atoms with E-state index in [-0.39, 0.29) is 0 Å². The van der Waals surface area contributed by atoms with Gasteiger partial charge in [0.15, 0.2) is 0 Å². The number of benzene rings is 1. The summed E-state index contributed by atoms with van der Waals surface area (Å²) in [6, 6.07) is 9.08. The number of rotatable bonds is 6. The molecule has 8 heteroatoms. The number of hydrogen-bond acceptors (Lipinski definition) is 5. The van der Waals surface area contributed by atoms with E-state index < -0.39 is 0 Å². The van der Waals surface area contributed by atoms with E-state index in [0.717, 1.165) is 24.3 Å². The first-order valence-corrected chi connectivity index (χ1v) is 7.96. The molecule has 0 atom stereocenters. The molecule has 0 radical (unpaired) electrons. The van der Waals surface area contributed by atoms with Gasteiger partial charge in [-0.1, -0.05) is 35.2 Å². The van der Waals surface area contributed by atoms with Gasteiger partial charge in [-0.25, -0.2) is 4.68 Å². The first kappa shape index (κ1) is 15.8. The molecular weight excluding hydrogens is 337 g/mol. The lowest BCUT2D eigenvalue weighted by molar-refractivity contribution is 0.528. The molecule has 0 saturated heterocycles. The van der Waals surface area contributed by atoms with Crippen molar-refractivity contribution in [3.8, 4) is 11.3 Å². The maximum Gasteiger partial charge on any atom is 0.243 e. The molecule has 0 aliphatic rings. The summed E-state index contributed by atoms with van der Waals surface area (Å²) in [5.41, 5.74) is 0.838. The summed E-state index contributed by atoms with van der Waals surface area (Å²) >= 11 is 12.0. The highest BCUT2D eigenvalue weighted by Gasteiger charge is 2.09. The Morgan fingerprint density at radius 2 is 1.96 bits per heavy atom. The SMILES string of the molecule is CCCn1nnnc1NCc1ccc(-c2cc(Cl)cc(Cl)c2)o1. The molecule has 0 unspecified atom stereocenters. The molecule has 1 N–H and O–H groups in total. The number of hydrogen-bond donors (Lipinski definition) is 1. The normalized spacial score (nSPS) is 10.9. The second-order valence-corrected chi connectivity index (χ2v) is 5.88. The fourth-order valence-corrected chi connectivity index (χ4v) is 2.71. The van der Waals surface area contributed by atoms with Crippen molar-refractivity contribution >= 4 is 29.2 Å². The first-order valence-electron chi connectivity index (χ1n) is 7.21. The fourth-order valence-electron chi connectivity index (χ4n) is 2.18. The number of nitrogens with zero attached hydrogens (tertiary/aromatic N) is 4. The van der Waals surface area contributed by atoms with Crippen LogP contribution in [0.15, 0.2) is 34.7 Å². The van der Waals surface area contributed by atoms with Gasteiger partial charge in [-0.15, -0.1) is 0 Å². The predicted molar refractivity (Wildman–Crippen MR) is 89.6 cm³/mol. The smallest absolute Gasteiger partial charge is 0.243 e. The number of halogens is 2. The van der Waals surface area contributed by atoms with Crippen molar-refractivity contribution in [2.24, 2.45) is 0 Å². The molecule has 1 aromatic carbocycles. The van der Waals surface area contributed by atoms with Gasteiger partial charge in [0.25, 0.3) is 0 Å². The molecule has 0 saturated carbocycles. The molecule has 0 amide bonds. The fraction of sp³-hybridized carbons (Fsp3) is 0.267. The number of nitrogens with one attached hydrogen (secondary N) is 1. The molecule has 0 bridgehead atoms. The van der Waals surface area contributed by atoms with E-state index in [9.17, 15) is 0 Å². The van der Waals surface area contributed by atoms with Crippen molar-refractivity contribution in [3.05, 3.63) is 46.1 Å². The maximum absolute atomic E-state index is 6.02. The van der Waals surface area contributed by atoms with Gasteiger partial charge in [0.1, 0.15) is 11.5 Å². The first-order chi connectivity index (χ1) is 11.2. The number of aryl methyl sites for hydroxylation is 1. The van der Waals surface area contributed by atoms with E-state index >= 15 is 0 Å². The molecule has 0 spiro atoms. The van der Waals surface area contributed by atoms with Gasteiger partial charge in [-0.2, -0.15) is 0 Å². The van der Waals surface area contributed by atoms with Crippen LogP contribution in [0.5, 0.6) is 0 Å². The summed E-state index contributed by atoms with van der Waals surface area (Å²) in [7, 11) is 0. The van der Waals surface area contributed by atoms with E-state index in [1.165, 1.54) is 0 Å². The average Bonchev–Trinajstić information content (AvgIpc) is 3.13. The van der Waals surface area contributed by atoms with Crippen LogP contribution in [0.4, 0.5) is 5.95 Å². The molecule has 23 heavy (non-hydrogen) atoms. The molecule has 3 rings (SSSR count). The van der Waals surface area contributed by atoms with Crippen molar-refractivity contribution in [2.75, 3.05) is 5.32 Å². The highest BCUT2D eigenvalue weighted by molar-refractivity contribution is 6.35. The molecule has 0 aliphatic carbocycles. The average molecular weight is 352 g/mol. The minimum atomic E-state index is 0.485. The van der Waals surface area contributed by atoms with Crippen molar-refractivity contribution < 1.29 is 4.42 Å². The third-order valence-electron chi connectivity index (χ3n) is 3.20. The Kier molecular flexibility index (Phi) is 4.83. The van der Waals surface area contributed by atoms with Crippen LogP contribution in [0.2, 0.25) is 10.0 Å². The number of tetrazole rings is 1. The van der Waals surface area contributed by atoms with E-state index in [1.54, 1.807) is 10.7 Å². The van der Waals surface area contributed by atoms with Gasteiger partial charge in [-0.05, 0) is 47.2 Å². The van der Waals surface area contributed by atoms with E-state index in [2.05, 4.69) is 27.8 Å². The Balaban J connectivity index is 1.71. The molecule has 6 nitrogen and oxygen atoms in total. The van der Waals surface area contributed by atoms with Gasteiger partial charge in [0.05, 0.1) is 6.54 Å². The van der Waals surface area contributed by atoms with Gasteiger partial charge in [-0.3, -0.25) is 0 Å². The molecule has 3 aromatic rings.